The Morgan fingerprint density at radius 3 is 2.21 bits per heavy atom. The first-order valence-electron chi connectivity index (χ1n) is 13.8. The SMILES string of the molecule is CCCCCOC(=O)C1(C(=O)OCCCCC)Oc2ccc(CC(C)NCC(O)c3cccc(Cl)c3)cc2O1. The third kappa shape index (κ3) is 8.59. The molecule has 1 heterocycles. The van der Waals surface area contributed by atoms with Crippen LogP contribution in [0, 0.1) is 0 Å². The highest BCUT2D eigenvalue weighted by Gasteiger charge is 2.59. The molecule has 2 aromatic rings. The second kappa shape index (κ2) is 15.1. The molecule has 1 aliphatic heterocycles. The predicted octanol–water partition coefficient (Wildman–Crippen LogP) is 5.53. The summed E-state index contributed by atoms with van der Waals surface area (Å²) < 4.78 is 22.4. The summed E-state index contributed by atoms with van der Waals surface area (Å²) in [5, 5.41) is 14.4. The zero-order valence-corrected chi connectivity index (χ0v) is 23.8. The first-order valence-corrected chi connectivity index (χ1v) is 14.2. The van der Waals surface area contributed by atoms with Crippen LogP contribution in [0.4, 0.5) is 0 Å². The third-order valence-electron chi connectivity index (χ3n) is 6.45. The lowest BCUT2D eigenvalue weighted by atomic mass is 10.1. The van der Waals surface area contributed by atoms with Crippen LogP contribution in [0.3, 0.4) is 0 Å². The lowest BCUT2D eigenvalue weighted by Gasteiger charge is -2.23. The maximum Gasteiger partial charge on any atom is 0.453 e. The summed E-state index contributed by atoms with van der Waals surface area (Å²) in [6.07, 6.45) is 5.00. The minimum atomic E-state index is -2.32. The molecule has 2 unspecified atom stereocenters. The van der Waals surface area contributed by atoms with Crippen molar-refractivity contribution in [3.63, 3.8) is 0 Å². The van der Waals surface area contributed by atoms with Gasteiger partial charge in [-0.25, -0.2) is 9.59 Å². The molecule has 8 nitrogen and oxygen atoms in total. The Labute approximate surface area is 235 Å². The van der Waals surface area contributed by atoms with E-state index in [0.717, 1.165) is 36.8 Å². The van der Waals surface area contributed by atoms with Gasteiger partial charge in [0, 0.05) is 17.6 Å². The number of fused-ring (bicyclic) bond motifs is 1. The molecule has 3 rings (SSSR count). The van der Waals surface area contributed by atoms with Crippen LogP contribution >= 0.6 is 11.6 Å². The Morgan fingerprint density at radius 2 is 1.59 bits per heavy atom. The number of halogens is 1. The number of aliphatic hydroxyl groups excluding tert-OH is 1. The van der Waals surface area contributed by atoms with Gasteiger partial charge in [0.2, 0.25) is 0 Å². The summed E-state index contributed by atoms with van der Waals surface area (Å²) in [5.41, 5.74) is 1.64. The third-order valence-corrected chi connectivity index (χ3v) is 6.69. The van der Waals surface area contributed by atoms with Gasteiger partial charge in [0.05, 0.1) is 19.3 Å². The average Bonchev–Trinajstić information content (AvgIpc) is 3.32. The molecule has 2 atom stereocenters. The van der Waals surface area contributed by atoms with Gasteiger partial charge in [-0.2, -0.15) is 0 Å². The molecule has 0 saturated heterocycles. The number of nitrogens with one attached hydrogen (secondary N) is 1. The molecule has 2 aromatic carbocycles. The van der Waals surface area contributed by atoms with E-state index in [9.17, 15) is 14.7 Å². The fourth-order valence-electron chi connectivity index (χ4n) is 4.22. The number of carbonyl (C=O) groups is 2. The van der Waals surface area contributed by atoms with E-state index >= 15 is 0 Å². The standard InChI is InChI=1S/C30H40ClNO7/c1-4-6-8-15-36-28(34)30(29(35)37-16-9-7-5-2)38-26-14-13-22(18-27(26)39-30)17-21(3)32-20-25(33)23-11-10-12-24(31)19-23/h10-14,18-19,21,25,32-33H,4-9,15-17,20H2,1-3H3. The average molecular weight is 562 g/mol. The van der Waals surface area contributed by atoms with Gasteiger partial charge in [-0.15, -0.1) is 0 Å². The Hall–Kier alpha value is -2.81. The molecule has 1 aliphatic rings. The van der Waals surface area contributed by atoms with Gasteiger partial charge in [0.1, 0.15) is 0 Å². The maximum atomic E-state index is 13.1. The van der Waals surface area contributed by atoms with E-state index < -0.39 is 23.8 Å². The van der Waals surface area contributed by atoms with Crippen LogP contribution in [0.2, 0.25) is 5.02 Å². The van der Waals surface area contributed by atoms with E-state index in [2.05, 4.69) is 5.32 Å². The van der Waals surface area contributed by atoms with Gasteiger partial charge in [-0.1, -0.05) is 69.3 Å². The minimum Gasteiger partial charge on any atom is -0.459 e. The van der Waals surface area contributed by atoms with Gasteiger partial charge in [0.25, 0.3) is 0 Å². The van der Waals surface area contributed by atoms with E-state index in [4.69, 9.17) is 30.5 Å². The number of aliphatic hydroxyl groups is 1. The number of unbranched alkanes of at least 4 members (excludes halogenated alkanes) is 4. The van der Waals surface area contributed by atoms with E-state index in [-0.39, 0.29) is 30.8 Å². The highest BCUT2D eigenvalue weighted by atomic mass is 35.5. The molecule has 0 radical (unpaired) electrons. The monoisotopic (exact) mass is 561 g/mol. The molecule has 0 aliphatic carbocycles. The fourth-order valence-corrected chi connectivity index (χ4v) is 4.42. The Kier molecular flexibility index (Phi) is 11.9. The zero-order chi connectivity index (χ0) is 28.3. The second-order valence-corrected chi connectivity index (χ2v) is 10.3. The molecule has 0 aromatic heterocycles. The van der Waals surface area contributed by atoms with Crippen molar-refractivity contribution in [2.24, 2.45) is 0 Å². The summed E-state index contributed by atoms with van der Waals surface area (Å²) in [7, 11) is 0. The molecule has 2 N–H and O–H groups in total. The van der Waals surface area contributed by atoms with E-state index in [1.54, 1.807) is 30.3 Å². The van der Waals surface area contributed by atoms with Crippen molar-refractivity contribution in [2.75, 3.05) is 19.8 Å². The summed E-state index contributed by atoms with van der Waals surface area (Å²) >= 11 is 6.03. The van der Waals surface area contributed by atoms with Gasteiger partial charge >= 0.3 is 17.7 Å². The molecule has 0 fully saturated rings. The van der Waals surface area contributed by atoms with Crippen LogP contribution in [0.5, 0.6) is 11.5 Å². The molecule has 0 bridgehead atoms. The molecule has 0 spiro atoms. The number of esters is 2. The fraction of sp³-hybridized carbons (Fsp3) is 0.533. The van der Waals surface area contributed by atoms with E-state index in [1.807, 2.05) is 32.9 Å². The highest BCUT2D eigenvalue weighted by Crippen LogP contribution is 2.41. The maximum absolute atomic E-state index is 13.1. The smallest absolute Gasteiger partial charge is 0.453 e. The van der Waals surface area contributed by atoms with Crippen molar-refractivity contribution in [1.29, 1.82) is 0 Å². The highest BCUT2D eigenvalue weighted by molar-refractivity contribution is 6.30. The summed E-state index contributed by atoms with van der Waals surface area (Å²) in [6.45, 7) is 6.77. The van der Waals surface area contributed by atoms with E-state index in [1.165, 1.54) is 0 Å². The van der Waals surface area contributed by atoms with Gasteiger partial charge in [-0.3, -0.25) is 0 Å². The van der Waals surface area contributed by atoms with Crippen LogP contribution in [0.15, 0.2) is 42.5 Å². The first kappa shape index (κ1) is 30.7. The van der Waals surface area contributed by atoms with Crippen LogP contribution in [0.25, 0.3) is 0 Å². The molecule has 0 saturated carbocycles. The lowest BCUT2D eigenvalue weighted by Crippen LogP contribution is -2.56. The van der Waals surface area contributed by atoms with Gasteiger partial charge in [-0.05, 0) is 61.6 Å². The molecular formula is C30H40ClNO7. The second-order valence-electron chi connectivity index (χ2n) is 9.87. The minimum absolute atomic E-state index is 0.0102. The molecule has 39 heavy (non-hydrogen) atoms. The number of benzene rings is 2. The number of carbonyl (C=O) groups excluding carboxylic acids is 2. The van der Waals surface area contributed by atoms with Crippen LogP contribution in [-0.2, 0) is 25.5 Å². The van der Waals surface area contributed by atoms with Gasteiger partial charge in [0.15, 0.2) is 11.5 Å². The number of rotatable bonds is 16. The zero-order valence-electron chi connectivity index (χ0n) is 23.0. The van der Waals surface area contributed by atoms with Gasteiger partial charge < -0.3 is 29.4 Å². The number of ether oxygens (including phenoxy) is 4. The van der Waals surface area contributed by atoms with Crippen molar-refractivity contribution in [2.45, 2.75) is 83.6 Å². The predicted molar refractivity (Wildman–Crippen MR) is 149 cm³/mol. The Morgan fingerprint density at radius 1 is 0.949 bits per heavy atom. The van der Waals surface area contributed by atoms with Crippen LogP contribution in [0.1, 0.15) is 76.5 Å². The topological polar surface area (TPSA) is 103 Å². The largest absolute Gasteiger partial charge is 0.459 e. The molecule has 0 amide bonds. The number of hydrogen-bond acceptors (Lipinski definition) is 8. The van der Waals surface area contributed by atoms with Crippen molar-refractivity contribution in [1.82, 2.24) is 5.32 Å². The van der Waals surface area contributed by atoms with E-state index in [0.29, 0.717) is 30.8 Å². The number of hydrogen-bond donors (Lipinski definition) is 2. The normalized spacial score (nSPS) is 15.0. The lowest BCUT2D eigenvalue weighted by molar-refractivity contribution is -0.202. The molecule has 214 valence electrons. The van der Waals surface area contributed by atoms with Crippen LogP contribution < -0.4 is 14.8 Å². The summed E-state index contributed by atoms with van der Waals surface area (Å²) in [4.78, 5) is 26.1. The first-order chi connectivity index (χ1) is 18.8. The molecular weight excluding hydrogens is 522 g/mol. The molecule has 9 heteroatoms. The van der Waals surface area contributed by atoms with Crippen LogP contribution in [-0.4, -0.2) is 48.6 Å². The quantitative estimate of drug-likeness (QED) is 0.157. The summed E-state index contributed by atoms with van der Waals surface area (Å²) in [6, 6.07) is 12.4. The van der Waals surface area contributed by atoms with Crippen molar-refractivity contribution in [3.8, 4) is 11.5 Å². The van der Waals surface area contributed by atoms with Crippen molar-refractivity contribution in [3.05, 3.63) is 58.6 Å². The Bertz CT molecular complexity index is 1070. The van der Waals surface area contributed by atoms with Crippen molar-refractivity contribution >= 4 is 23.5 Å². The summed E-state index contributed by atoms with van der Waals surface area (Å²) in [5.74, 6) is -3.60. The Balaban J connectivity index is 1.64. The van der Waals surface area contributed by atoms with Crippen molar-refractivity contribution < 1.29 is 33.6 Å².